The maximum atomic E-state index is 13.9. The number of nitrogens with zero attached hydrogens (tertiary/aromatic N) is 3. The molecule has 0 radical (unpaired) electrons. The van der Waals surface area contributed by atoms with Gasteiger partial charge in [0.05, 0.1) is 12.7 Å². The van der Waals surface area contributed by atoms with Crippen LogP contribution < -0.4 is 0 Å². The number of halogens is 1. The zero-order valence-corrected chi connectivity index (χ0v) is 10.6. The van der Waals surface area contributed by atoms with Gasteiger partial charge in [-0.15, -0.1) is 10.2 Å². The number of carbonyl (C=O) groups is 1. The minimum Gasteiger partial charge on any atom is -0.464 e. The highest BCUT2D eigenvalue weighted by Gasteiger charge is 2.18. The number of carbonyl (C=O) groups excluding carboxylic acids is 1. The van der Waals surface area contributed by atoms with Crippen LogP contribution >= 0.6 is 0 Å². The SMILES string of the molecule is COC(=O)c1cccc2nnc(-c3ccccc3F)n12. The average molecular weight is 271 g/mol. The topological polar surface area (TPSA) is 56.5 Å². The fraction of sp³-hybridized carbons (Fsp3) is 0.0714. The van der Waals surface area contributed by atoms with Gasteiger partial charge in [-0.25, -0.2) is 9.18 Å². The lowest BCUT2D eigenvalue weighted by molar-refractivity contribution is 0.0592. The summed E-state index contributed by atoms with van der Waals surface area (Å²) in [5.41, 5.74) is 0.968. The van der Waals surface area contributed by atoms with E-state index in [1.54, 1.807) is 36.4 Å². The Balaban J connectivity index is 2.33. The predicted octanol–water partition coefficient (Wildman–Crippen LogP) is 2.32. The van der Waals surface area contributed by atoms with Gasteiger partial charge in [-0.1, -0.05) is 18.2 Å². The van der Waals surface area contributed by atoms with E-state index < -0.39 is 11.8 Å². The number of pyridine rings is 1. The number of methoxy groups -OCH3 is 1. The number of hydrogen-bond acceptors (Lipinski definition) is 4. The van der Waals surface area contributed by atoms with Gasteiger partial charge in [-0.05, 0) is 24.3 Å². The molecule has 0 amide bonds. The molecule has 0 aliphatic rings. The van der Waals surface area contributed by atoms with Gasteiger partial charge in [0.15, 0.2) is 11.5 Å². The lowest BCUT2D eigenvalue weighted by Gasteiger charge is -2.06. The maximum Gasteiger partial charge on any atom is 0.355 e. The molecule has 3 rings (SSSR count). The van der Waals surface area contributed by atoms with Crippen LogP contribution in [0.3, 0.4) is 0 Å². The summed E-state index contributed by atoms with van der Waals surface area (Å²) in [6.07, 6.45) is 0. The molecule has 6 heteroatoms. The van der Waals surface area contributed by atoms with Crippen molar-refractivity contribution in [1.29, 1.82) is 0 Å². The summed E-state index contributed by atoms with van der Waals surface area (Å²) in [6.45, 7) is 0. The van der Waals surface area contributed by atoms with Crippen molar-refractivity contribution < 1.29 is 13.9 Å². The minimum absolute atomic E-state index is 0.244. The van der Waals surface area contributed by atoms with Crippen molar-refractivity contribution >= 4 is 11.6 Å². The Kier molecular flexibility index (Phi) is 2.90. The highest BCUT2D eigenvalue weighted by atomic mass is 19.1. The second-order valence-electron chi connectivity index (χ2n) is 4.10. The van der Waals surface area contributed by atoms with Gasteiger partial charge < -0.3 is 4.74 Å². The van der Waals surface area contributed by atoms with E-state index >= 15 is 0 Å². The second-order valence-corrected chi connectivity index (χ2v) is 4.10. The van der Waals surface area contributed by atoms with Gasteiger partial charge in [-0.3, -0.25) is 4.40 Å². The number of hydrogen-bond donors (Lipinski definition) is 0. The monoisotopic (exact) mass is 271 g/mol. The highest BCUT2D eigenvalue weighted by Crippen LogP contribution is 2.23. The Morgan fingerprint density at radius 2 is 1.95 bits per heavy atom. The molecule has 20 heavy (non-hydrogen) atoms. The van der Waals surface area contributed by atoms with Gasteiger partial charge in [0, 0.05) is 0 Å². The molecule has 3 aromatic rings. The van der Waals surface area contributed by atoms with E-state index in [4.69, 9.17) is 4.74 Å². The van der Waals surface area contributed by atoms with Crippen molar-refractivity contribution in [2.24, 2.45) is 0 Å². The Morgan fingerprint density at radius 3 is 2.70 bits per heavy atom. The summed E-state index contributed by atoms with van der Waals surface area (Å²) in [4.78, 5) is 11.8. The Bertz CT molecular complexity index is 798. The molecule has 5 nitrogen and oxygen atoms in total. The van der Waals surface area contributed by atoms with E-state index in [9.17, 15) is 9.18 Å². The van der Waals surface area contributed by atoms with Crippen LogP contribution in [0.25, 0.3) is 17.0 Å². The number of benzene rings is 1. The number of fused-ring (bicyclic) bond motifs is 1. The first-order chi connectivity index (χ1) is 9.72. The molecule has 0 spiro atoms. The van der Waals surface area contributed by atoms with Crippen molar-refractivity contribution in [2.45, 2.75) is 0 Å². The molecule has 2 aromatic heterocycles. The summed E-state index contributed by atoms with van der Waals surface area (Å²) >= 11 is 0. The summed E-state index contributed by atoms with van der Waals surface area (Å²) in [5.74, 6) is -0.700. The first kappa shape index (κ1) is 12.3. The third-order valence-electron chi connectivity index (χ3n) is 2.94. The van der Waals surface area contributed by atoms with Gasteiger partial charge in [-0.2, -0.15) is 0 Å². The first-order valence-electron chi connectivity index (χ1n) is 5.89. The van der Waals surface area contributed by atoms with Gasteiger partial charge in [0.1, 0.15) is 11.5 Å². The summed E-state index contributed by atoms with van der Waals surface area (Å²) in [6, 6.07) is 11.1. The molecule has 0 aliphatic carbocycles. The van der Waals surface area contributed by atoms with Crippen LogP contribution in [0.2, 0.25) is 0 Å². The number of esters is 1. The molecule has 0 unspecified atom stereocenters. The van der Waals surface area contributed by atoms with Crippen molar-refractivity contribution in [2.75, 3.05) is 7.11 Å². The lowest BCUT2D eigenvalue weighted by Crippen LogP contribution is -2.09. The van der Waals surface area contributed by atoms with E-state index in [1.165, 1.54) is 17.6 Å². The predicted molar refractivity (Wildman–Crippen MR) is 69.7 cm³/mol. The van der Waals surface area contributed by atoms with E-state index in [-0.39, 0.29) is 17.1 Å². The molecule has 2 heterocycles. The van der Waals surface area contributed by atoms with Crippen LogP contribution in [0.5, 0.6) is 0 Å². The van der Waals surface area contributed by atoms with Crippen LogP contribution in [0, 0.1) is 5.82 Å². The molecule has 0 saturated carbocycles. The van der Waals surface area contributed by atoms with E-state index in [1.807, 2.05) is 0 Å². The maximum absolute atomic E-state index is 13.9. The third kappa shape index (κ3) is 1.82. The second kappa shape index (κ2) is 4.73. The van der Waals surface area contributed by atoms with Crippen LogP contribution in [0.15, 0.2) is 42.5 Å². The number of ether oxygens (including phenoxy) is 1. The molecule has 100 valence electrons. The average Bonchev–Trinajstić information content (AvgIpc) is 2.91. The van der Waals surface area contributed by atoms with E-state index in [0.717, 1.165) is 0 Å². The van der Waals surface area contributed by atoms with Crippen molar-refractivity contribution in [1.82, 2.24) is 14.6 Å². The quantitative estimate of drug-likeness (QED) is 0.671. The van der Waals surface area contributed by atoms with Crippen molar-refractivity contribution in [3.63, 3.8) is 0 Å². The minimum atomic E-state index is -0.534. The fourth-order valence-electron chi connectivity index (χ4n) is 2.02. The molecular formula is C14H10FN3O2. The zero-order valence-electron chi connectivity index (χ0n) is 10.6. The lowest BCUT2D eigenvalue weighted by atomic mass is 10.2. The Morgan fingerprint density at radius 1 is 1.15 bits per heavy atom. The first-order valence-corrected chi connectivity index (χ1v) is 5.89. The smallest absolute Gasteiger partial charge is 0.355 e. The van der Waals surface area contributed by atoms with Gasteiger partial charge in [0.25, 0.3) is 0 Å². The van der Waals surface area contributed by atoms with Crippen LogP contribution in [0.4, 0.5) is 4.39 Å². The standard InChI is InChI=1S/C14H10FN3O2/c1-20-14(19)11-7-4-8-12-16-17-13(18(11)12)9-5-2-3-6-10(9)15/h2-8H,1H3. The molecular weight excluding hydrogens is 261 g/mol. The molecule has 0 N–H and O–H groups in total. The van der Waals surface area contributed by atoms with E-state index in [2.05, 4.69) is 10.2 Å². The molecule has 0 atom stereocenters. The van der Waals surface area contributed by atoms with Crippen LogP contribution in [-0.4, -0.2) is 27.7 Å². The fourth-order valence-corrected chi connectivity index (χ4v) is 2.02. The number of aromatic nitrogens is 3. The summed E-state index contributed by atoms with van der Waals surface area (Å²) in [5, 5.41) is 7.92. The third-order valence-corrected chi connectivity index (χ3v) is 2.94. The zero-order chi connectivity index (χ0) is 14.1. The van der Waals surface area contributed by atoms with Crippen LogP contribution in [-0.2, 0) is 4.74 Å². The molecule has 0 fully saturated rings. The molecule has 0 saturated heterocycles. The summed E-state index contributed by atoms with van der Waals surface area (Å²) in [7, 11) is 1.29. The molecule has 0 bridgehead atoms. The number of rotatable bonds is 2. The normalized spacial score (nSPS) is 10.7. The van der Waals surface area contributed by atoms with E-state index in [0.29, 0.717) is 5.65 Å². The highest BCUT2D eigenvalue weighted by molar-refractivity contribution is 5.89. The largest absolute Gasteiger partial charge is 0.464 e. The van der Waals surface area contributed by atoms with Gasteiger partial charge >= 0.3 is 5.97 Å². The molecule has 0 aliphatic heterocycles. The van der Waals surface area contributed by atoms with Crippen LogP contribution in [0.1, 0.15) is 10.5 Å². The Hall–Kier alpha value is -2.76. The molecule has 1 aromatic carbocycles. The van der Waals surface area contributed by atoms with Crippen molar-refractivity contribution in [3.8, 4) is 11.4 Å². The Labute approximate surface area is 113 Å². The van der Waals surface area contributed by atoms with Gasteiger partial charge in [0.2, 0.25) is 0 Å². The summed E-state index contributed by atoms with van der Waals surface area (Å²) < 4.78 is 20.1. The van der Waals surface area contributed by atoms with Crippen molar-refractivity contribution in [3.05, 3.63) is 54.0 Å².